The standard InChI is InChI=1S/C15H15BrN2O6/c1-7-8(2)12(10(16)5-11(7)18(21)22)17-6-9-13(19)23-15(3,4)24-14(9)20/h5-6,17H,1-4H3. The Hall–Kier alpha value is -2.42. The molecule has 1 aromatic rings. The molecular formula is C15H15BrN2O6. The highest BCUT2D eigenvalue weighted by Crippen LogP contribution is 2.35. The van der Waals surface area contributed by atoms with Crippen LogP contribution >= 0.6 is 15.9 Å². The molecule has 0 spiro atoms. The molecule has 1 fully saturated rings. The first-order valence-corrected chi connectivity index (χ1v) is 7.70. The number of carbonyl (C=O) groups excluding carboxylic acids is 2. The van der Waals surface area contributed by atoms with Crippen LogP contribution in [0.3, 0.4) is 0 Å². The molecule has 24 heavy (non-hydrogen) atoms. The minimum absolute atomic E-state index is 0.0317. The van der Waals surface area contributed by atoms with Crippen LogP contribution in [0.15, 0.2) is 22.3 Å². The van der Waals surface area contributed by atoms with Crippen molar-refractivity contribution in [2.75, 3.05) is 5.32 Å². The van der Waals surface area contributed by atoms with Gasteiger partial charge in [0.15, 0.2) is 5.57 Å². The third-order valence-electron chi connectivity index (χ3n) is 3.50. The lowest BCUT2D eigenvalue weighted by molar-refractivity contribution is -0.385. The van der Waals surface area contributed by atoms with E-state index in [0.29, 0.717) is 21.3 Å². The number of cyclic esters (lactones) is 2. The fourth-order valence-corrected chi connectivity index (χ4v) is 2.78. The average molecular weight is 399 g/mol. The number of nitrogens with zero attached hydrogens (tertiary/aromatic N) is 1. The monoisotopic (exact) mass is 398 g/mol. The average Bonchev–Trinajstić information content (AvgIpc) is 2.43. The van der Waals surface area contributed by atoms with Gasteiger partial charge >= 0.3 is 11.9 Å². The summed E-state index contributed by atoms with van der Waals surface area (Å²) >= 11 is 3.25. The van der Waals surface area contributed by atoms with E-state index in [2.05, 4.69) is 21.2 Å². The maximum Gasteiger partial charge on any atom is 0.350 e. The highest BCUT2D eigenvalue weighted by atomic mass is 79.9. The lowest BCUT2D eigenvalue weighted by Crippen LogP contribution is -2.42. The van der Waals surface area contributed by atoms with Gasteiger partial charge in [-0.3, -0.25) is 10.1 Å². The van der Waals surface area contributed by atoms with Gasteiger partial charge in [-0.25, -0.2) is 9.59 Å². The number of ether oxygens (including phenoxy) is 2. The quantitative estimate of drug-likeness (QED) is 0.274. The van der Waals surface area contributed by atoms with Crippen molar-refractivity contribution in [1.82, 2.24) is 0 Å². The number of hydrogen-bond donors (Lipinski definition) is 1. The zero-order valence-electron chi connectivity index (χ0n) is 13.4. The number of nitro groups is 1. The fraction of sp³-hybridized carbons (Fsp3) is 0.333. The summed E-state index contributed by atoms with van der Waals surface area (Å²) in [4.78, 5) is 34.3. The Morgan fingerprint density at radius 1 is 1.21 bits per heavy atom. The van der Waals surface area contributed by atoms with Crippen molar-refractivity contribution in [3.05, 3.63) is 43.6 Å². The Balaban J connectivity index is 2.36. The predicted molar refractivity (Wildman–Crippen MR) is 88.2 cm³/mol. The van der Waals surface area contributed by atoms with Crippen molar-refractivity contribution in [1.29, 1.82) is 0 Å². The van der Waals surface area contributed by atoms with Crippen molar-refractivity contribution in [2.45, 2.75) is 33.5 Å². The van der Waals surface area contributed by atoms with Crippen LogP contribution in [0.1, 0.15) is 25.0 Å². The fourth-order valence-electron chi connectivity index (χ4n) is 2.15. The van der Waals surface area contributed by atoms with Gasteiger partial charge in [-0.2, -0.15) is 0 Å². The number of halogens is 1. The molecule has 1 saturated heterocycles. The molecule has 0 atom stereocenters. The number of carbonyl (C=O) groups is 2. The van der Waals surface area contributed by atoms with Crippen LogP contribution in [0.2, 0.25) is 0 Å². The summed E-state index contributed by atoms with van der Waals surface area (Å²) in [6, 6.07) is 1.35. The third kappa shape index (κ3) is 3.40. The maximum atomic E-state index is 11.9. The number of anilines is 1. The molecular weight excluding hydrogens is 384 g/mol. The molecule has 0 radical (unpaired) electrons. The molecule has 0 aromatic heterocycles. The smallest absolute Gasteiger partial charge is 0.350 e. The SMILES string of the molecule is Cc1c([N+](=O)[O-])cc(Br)c(NC=C2C(=O)OC(C)(C)OC2=O)c1C. The summed E-state index contributed by atoms with van der Waals surface area (Å²) in [5, 5.41) is 13.8. The van der Waals surface area contributed by atoms with E-state index in [0.717, 1.165) is 6.20 Å². The molecule has 1 aliphatic heterocycles. The summed E-state index contributed by atoms with van der Waals surface area (Å²) in [7, 11) is 0. The lowest BCUT2D eigenvalue weighted by Gasteiger charge is -2.29. The number of esters is 2. The van der Waals surface area contributed by atoms with Gasteiger partial charge in [0.05, 0.1) is 10.6 Å². The molecule has 0 saturated carbocycles. The van der Waals surface area contributed by atoms with Crippen molar-refractivity contribution < 1.29 is 24.0 Å². The molecule has 1 N–H and O–H groups in total. The van der Waals surface area contributed by atoms with E-state index >= 15 is 0 Å². The zero-order chi connectivity index (χ0) is 18.2. The van der Waals surface area contributed by atoms with Gasteiger partial charge in [0.1, 0.15) is 0 Å². The normalized spacial score (nSPS) is 16.3. The molecule has 0 unspecified atom stereocenters. The minimum Gasteiger partial charge on any atom is -0.419 e. The van der Waals surface area contributed by atoms with Crippen LogP contribution in [0.25, 0.3) is 0 Å². The van der Waals surface area contributed by atoms with Gasteiger partial charge in [-0.05, 0) is 35.3 Å². The van der Waals surface area contributed by atoms with E-state index in [1.54, 1.807) is 13.8 Å². The molecule has 9 heteroatoms. The Morgan fingerprint density at radius 3 is 2.25 bits per heavy atom. The van der Waals surface area contributed by atoms with E-state index in [9.17, 15) is 19.7 Å². The molecule has 0 amide bonds. The second-order valence-electron chi connectivity index (χ2n) is 5.64. The van der Waals surface area contributed by atoms with Gasteiger partial charge in [0.2, 0.25) is 0 Å². The Labute approximate surface area is 146 Å². The van der Waals surface area contributed by atoms with Crippen molar-refractivity contribution >= 4 is 39.2 Å². The molecule has 1 aromatic carbocycles. The summed E-state index contributed by atoms with van der Waals surface area (Å²) in [5.41, 5.74) is 1.24. The van der Waals surface area contributed by atoms with Gasteiger partial charge in [-0.15, -0.1) is 0 Å². The Morgan fingerprint density at radius 2 is 1.75 bits per heavy atom. The van der Waals surface area contributed by atoms with E-state index in [1.807, 2.05) is 0 Å². The van der Waals surface area contributed by atoms with E-state index in [-0.39, 0.29) is 11.3 Å². The Bertz CT molecular complexity index is 763. The number of hydrogen-bond acceptors (Lipinski definition) is 7. The summed E-state index contributed by atoms with van der Waals surface area (Å²) in [6.45, 7) is 6.21. The number of nitro benzene ring substituents is 1. The van der Waals surface area contributed by atoms with Crippen LogP contribution in [-0.2, 0) is 19.1 Å². The number of benzene rings is 1. The molecule has 0 aliphatic carbocycles. The van der Waals surface area contributed by atoms with Gasteiger partial charge in [0, 0.05) is 36.1 Å². The summed E-state index contributed by atoms with van der Waals surface area (Å²) in [5.74, 6) is -2.93. The maximum absolute atomic E-state index is 11.9. The molecule has 1 aliphatic rings. The second-order valence-corrected chi connectivity index (χ2v) is 6.50. The minimum atomic E-state index is -1.31. The van der Waals surface area contributed by atoms with E-state index < -0.39 is 22.6 Å². The van der Waals surface area contributed by atoms with Crippen LogP contribution in [0, 0.1) is 24.0 Å². The first-order chi connectivity index (χ1) is 11.0. The van der Waals surface area contributed by atoms with Gasteiger partial charge in [0.25, 0.3) is 11.5 Å². The van der Waals surface area contributed by atoms with E-state index in [1.165, 1.54) is 19.9 Å². The first-order valence-electron chi connectivity index (χ1n) is 6.91. The van der Waals surface area contributed by atoms with Crippen LogP contribution in [0.5, 0.6) is 0 Å². The van der Waals surface area contributed by atoms with E-state index in [4.69, 9.17) is 9.47 Å². The van der Waals surface area contributed by atoms with Crippen LogP contribution in [0.4, 0.5) is 11.4 Å². The van der Waals surface area contributed by atoms with Crippen LogP contribution in [-0.4, -0.2) is 22.6 Å². The second kappa shape index (κ2) is 6.23. The molecule has 0 bridgehead atoms. The molecule has 1 heterocycles. The van der Waals surface area contributed by atoms with Crippen molar-refractivity contribution in [2.24, 2.45) is 0 Å². The highest BCUT2D eigenvalue weighted by Gasteiger charge is 2.39. The Kier molecular flexibility index (Phi) is 4.66. The molecule has 128 valence electrons. The number of rotatable bonds is 3. The first kappa shape index (κ1) is 17.9. The molecule has 8 nitrogen and oxygen atoms in total. The lowest BCUT2D eigenvalue weighted by atomic mass is 10.1. The van der Waals surface area contributed by atoms with Crippen LogP contribution < -0.4 is 5.32 Å². The van der Waals surface area contributed by atoms with Crippen molar-refractivity contribution in [3.63, 3.8) is 0 Å². The third-order valence-corrected chi connectivity index (χ3v) is 4.12. The van der Waals surface area contributed by atoms with Gasteiger partial charge in [-0.1, -0.05) is 0 Å². The highest BCUT2D eigenvalue weighted by molar-refractivity contribution is 9.10. The summed E-state index contributed by atoms with van der Waals surface area (Å²) < 4.78 is 10.4. The van der Waals surface area contributed by atoms with Gasteiger partial charge < -0.3 is 14.8 Å². The largest absolute Gasteiger partial charge is 0.419 e. The predicted octanol–water partition coefficient (Wildman–Crippen LogP) is 3.11. The topological polar surface area (TPSA) is 108 Å². The zero-order valence-corrected chi connectivity index (χ0v) is 15.0. The summed E-state index contributed by atoms with van der Waals surface area (Å²) in [6.07, 6.45) is 1.16. The van der Waals surface area contributed by atoms with Crippen molar-refractivity contribution in [3.8, 4) is 0 Å². The number of nitrogens with one attached hydrogen (secondary N) is 1. The molecule has 2 rings (SSSR count).